The summed E-state index contributed by atoms with van der Waals surface area (Å²) in [4.78, 5) is 0. The number of hydrogen-bond acceptors (Lipinski definition) is 1. The van der Waals surface area contributed by atoms with Gasteiger partial charge in [0.15, 0.2) is 0 Å². The van der Waals surface area contributed by atoms with E-state index in [1.165, 1.54) is 13.8 Å². The zero-order valence-corrected chi connectivity index (χ0v) is 14.1. The molecule has 0 spiro atoms. The number of nitrogens with two attached hydrogens (primary N) is 1. The maximum absolute atomic E-state index is 13.9. The minimum Gasteiger partial charge on any atom is -0.294 e. The molecule has 0 aromatic heterocycles. The highest BCUT2D eigenvalue weighted by Gasteiger charge is 2.92. The van der Waals surface area contributed by atoms with Crippen LogP contribution in [0.15, 0.2) is 0 Å². The van der Waals surface area contributed by atoms with Crippen molar-refractivity contribution in [1.82, 2.24) is 0 Å². The fourth-order valence-corrected chi connectivity index (χ4v) is 1.85. The molecular weight excluding hydrogens is 436 g/mol. The van der Waals surface area contributed by atoms with Gasteiger partial charge >= 0.3 is 35.8 Å². The van der Waals surface area contributed by atoms with E-state index in [1.54, 1.807) is 0 Å². The van der Waals surface area contributed by atoms with E-state index in [1.807, 2.05) is 0 Å². The van der Waals surface area contributed by atoms with Crippen LogP contribution in [0.1, 0.15) is 33.1 Å². The average Bonchev–Trinajstić information content (AvgIpc) is 2.50. The minimum absolute atomic E-state index is 0.143. The van der Waals surface area contributed by atoms with Crippen molar-refractivity contribution in [3.63, 3.8) is 0 Å². The van der Waals surface area contributed by atoms with Gasteiger partial charge in [-0.05, 0) is 12.3 Å². The molecular formula is C13H15F14N. The molecule has 2 unspecified atom stereocenters. The van der Waals surface area contributed by atoms with Gasteiger partial charge in [0, 0.05) is 6.42 Å². The van der Waals surface area contributed by atoms with Crippen molar-refractivity contribution in [2.24, 2.45) is 11.7 Å². The molecule has 0 amide bonds. The maximum Gasteiger partial charge on any atom is 0.460 e. The molecule has 0 radical (unpaired) electrons. The first-order chi connectivity index (χ1) is 12.0. The first-order valence-electron chi connectivity index (χ1n) is 7.39. The molecule has 15 heteroatoms. The van der Waals surface area contributed by atoms with Gasteiger partial charge in [-0.25, -0.2) is 4.39 Å². The maximum atomic E-state index is 13.9. The Balaban J connectivity index is 6.24. The van der Waals surface area contributed by atoms with Gasteiger partial charge in [-0.3, -0.25) is 5.73 Å². The zero-order valence-electron chi connectivity index (χ0n) is 14.1. The third-order valence-electron chi connectivity index (χ3n) is 4.15. The molecule has 0 heterocycles. The summed E-state index contributed by atoms with van der Waals surface area (Å²) in [5.74, 6) is -44.5. The van der Waals surface area contributed by atoms with Gasteiger partial charge in [-0.1, -0.05) is 20.3 Å². The molecule has 0 fully saturated rings. The summed E-state index contributed by atoms with van der Waals surface area (Å²) in [6.07, 6.45) is -9.92. The van der Waals surface area contributed by atoms with Gasteiger partial charge in [0.25, 0.3) is 0 Å². The Morgan fingerprint density at radius 3 is 1.25 bits per heavy atom. The monoisotopic (exact) mass is 451 g/mol. The standard InChI is InChI=1S/C13H15F14N/c1-3-6(2)4-5-7(14,28)8(15,16)9(17,18)10(19,20)11(21,22)12(23,24)13(25,26)27/h6H,3-5,28H2,1-2H3. The number of rotatable bonds is 9. The summed E-state index contributed by atoms with van der Waals surface area (Å²) in [6.45, 7) is 2.68. The van der Waals surface area contributed by atoms with Crippen LogP contribution in [0.4, 0.5) is 61.5 Å². The van der Waals surface area contributed by atoms with E-state index in [-0.39, 0.29) is 6.42 Å². The summed E-state index contributed by atoms with van der Waals surface area (Å²) in [5, 5.41) is 0. The quantitative estimate of drug-likeness (QED) is 0.329. The van der Waals surface area contributed by atoms with Crippen molar-refractivity contribution in [1.29, 1.82) is 0 Å². The van der Waals surface area contributed by atoms with Gasteiger partial charge in [-0.2, -0.15) is 57.1 Å². The SMILES string of the molecule is CCC(C)CCC(N)(F)C(F)(F)C(F)(F)C(F)(F)C(F)(F)C(F)(F)C(F)(F)F. The van der Waals surface area contributed by atoms with Crippen LogP contribution in [0.3, 0.4) is 0 Å². The lowest BCUT2D eigenvalue weighted by molar-refractivity contribution is -0.447. The highest BCUT2D eigenvalue weighted by atomic mass is 19.4. The first kappa shape index (κ1) is 27.0. The normalized spacial score (nSPS) is 18.8. The highest BCUT2D eigenvalue weighted by molar-refractivity contribution is 5.13. The van der Waals surface area contributed by atoms with E-state index in [0.29, 0.717) is 0 Å². The van der Waals surface area contributed by atoms with Gasteiger partial charge < -0.3 is 0 Å². The van der Waals surface area contributed by atoms with Crippen molar-refractivity contribution < 1.29 is 61.5 Å². The Bertz CT molecular complexity index is 536. The van der Waals surface area contributed by atoms with Crippen LogP contribution in [0.5, 0.6) is 0 Å². The predicted molar refractivity (Wildman–Crippen MR) is 67.5 cm³/mol. The van der Waals surface area contributed by atoms with E-state index in [2.05, 4.69) is 5.73 Å². The molecule has 0 rings (SSSR count). The number of hydrogen-bond donors (Lipinski definition) is 1. The summed E-state index contributed by atoms with van der Waals surface area (Å²) >= 11 is 0. The fourth-order valence-electron chi connectivity index (χ4n) is 1.85. The Hall–Kier alpha value is -1.02. The zero-order chi connectivity index (χ0) is 23.2. The van der Waals surface area contributed by atoms with E-state index in [4.69, 9.17) is 0 Å². The molecule has 1 nitrogen and oxygen atoms in total. The Kier molecular flexibility index (Phi) is 7.08. The van der Waals surface area contributed by atoms with Crippen LogP contribution in [0.2, 0.25) is 0 Å². The average molecular weight is 451 g/mol. The van der Waals surface area contributed by atoms with Crippen molar-refractivity contribution in [2.75, 3.05) is 0 Å². The smallest absolute Gasteiger partial charge is 0.294 e. The van der Waals surface area contributed by atoms with Crippen molar-refractivity contribution in [3.05, 3.63) is 0 Å². The van der Waals surface area contributed by atoms with Gasteiger partial charge in [0.1, 0.15) is 0 Å². The summed E-state index contributed by atoms with van der Waals surface area (Å²) < 4.78 is 182. The molecule has 0 aromatic carbocycles. The van der Waals surface area contributed by atoms with Crippen LogP contribution < -0.4 is 5.73 Å². The predicted octanol–water partition coefficient (Wildman–Crippen LogP) is 6.18. The van der Waals surface area contributed by atoms with E-state index in [9.17, 15) is 61.5 Å². The van der Waals surface area contributed by atoms with Gasteiger partial charge in [0.2, 0.25) is 5.79 Å². The lowest BCUT2D eigenvalue weighted by Gasteiger charge is -2.42. The molecule has 0 aromatic rings. The second-order valence-corrected chi connectivity index (χ2v) is 6.28. The van der Waals surface area contributed by atoms with Crippen LogP contribution in [0.25, 0.3) is 0 Å². The molecule has 0 saturated heterocycles. The fraction of sp³-hybridized carbons (Fsp3) is 1.00. The lowest BCUT2D eigenvalue weighted by Crippen LogP contribution is -2.74. The Morgan fingerprint density at radius 1 is 0.607 bits per heavy atom. The molecule has 0 bridgehead atoms. The van der Waals surface area contributed by atoms with E-state index >= 15 is 0 Å². The Morgan fingerprint density at radius 2 is 0.929 bits per heavy atom. The first-order valence-corrected chi connectivity index (χ1v) is 7.39. The molecule has 2 atom stereocenters. The van der Waals surface area contributed by atoms with Crippen LogP contribution in [0, 0.1) is 5.92 Å². The molecule has 0 saturated carbocycles. The van der Waals surface area contributed by atoms with Crippen LogP contribution >= 0.6 is 0 Å². The lowest BCUT2D eigenvalue weighted by atomic mass is 9.86. The minimum atomic E-state index is -8.07. The highest BCUT2D eigenvalue weighted by Crippen LogP contribution is 2.61. The van der Waals surface area contributed by atoms with Crippen LogP contribution in [-0.4, -0.2) is 41.6 Å². The molecule has 0 aliphatic heterocycles. The number of alkyl halides is 14. The third-order valence-corrected chi connectivity index (χ3v) is 4.15. The largest absolute Gasteiger partial charge is 0.460 e. The molecule has 170 valence electrons. The summed E-state index contributed by atoms with van der Waals surface area (Å²) in [7, 11) is 0. The van der Waals surface area contributed by atoms with E-state index in [0.717, 1.165) is 0 Å². The second kappa shape index (κ2) is 7.35. The van der Waals surface area contributed by atoms with Gasteiger partial charge in [-0.15, -0.1) is 0 Å². The van der Waals surface area contributed by atoms with Crippen molar-refractivity contribution in [2.45, 2.75) is 74.7 Å². The van der Waals surface area contributed by atoms with Gasteiger partial charge in [0.05, 0.1) is 0 Å². The van der Waals surface area contributed by atoms with E-state index < -0.39 is 60.3 Å². The van der Waals surface area contributed by atoms with Crippen molar-refractivity contribution >= 4 is 0 Å². The Labute approximate surface area is 149 Å². The molecule has 0 aliphatic rings. The van der Waals surface area contributed by atoms with Crippen LogP contribution in [-0.2, 0) is 0 Å². The van der Waals surface area contributed by atoms with Crippen molar-refractivity contribution in [3.8, 4) is 0 Å². The molecule has 0 aliphatic carbocycles. The summed E-state index contributed by atoms with van der Waals surface area (Å²) in [5.41, 5.74) is 4.23. The summed E-state index contributed by atoms with van der Waals surface area (Å²) in [6, 6.07) is 0. The third kappa shape index (κ3) is 3.86. The molecule has 2 N–H and O–H groups in total. The molecule has 28 heavy (non-hydrogen) atoms. The topological polar surface area (TPSA) is 26.0 Å². The second-order valence-electron chi connectivity index (χ2n) is 6.28. The number of halogens is 14.